The Bertz CT molecular complexity index is 524. The van der Waals surface area contributed by atoms with Crippen LogP contribution in [0.3, 0.4) is 0 Å². The monoisotopic (exact) mass is 214 g/mol. The molecule has 2 aromatic rings. The van der Waals surface area contributed by atoms with Crippen molar-refractivity contribution < 1.29 is 9.90 Å². The first-order valence-corrected chi connectivity index (χ1v) is 4.78. The molecule has 0 aliphatic heterocycles. The van der Waals surface area contributed by atoms with E-state index in [1.807, 2.05) is 0 Å². The molecule has 0 saturated carbocycles. The summed E-state index contributed by atoms with van der Waals surface area (Å²) in [5, 5.41) is 9.16. The molecular weight excluding hydrogens is 204 g/mol. The standard InChI is InChI=1S/C12H10N2O2/c1-8-6-14-7-10(11(8)12(15)16)9-2-4-13-5-3-9/h2-7H,1H3,(H,15,16). The van der Waals surface area contributed by atoms with Crippen LogP contribution in [0.2, 0.25) is 0 Å². The number of hydrogen-bond donors (Lipinski definition) is 1. The fourth-order valence-corrected chi connectivity index (χ4v) is 1.60. The molecule has 0 fully saturated rings. The molecule has 2 aromatic heterocycles. The summed E-state index contributed by atoms with van der Waals surface area (Å²) in [4.78, 5) is 19.1. The number of hydrogen-bond acceptors (Lipinski definition) is 3. The zero-order valence-corrected chi connectivity index (χ0v) is 8.71. The van der Waals surface area contributed by atoms with Gasteiger partial charge in [0.25, 0.3) is 0 Å². The minimum atomic E-state index is -0.938. The number of nitrogens with zero attached hydrogens (tertiary/aromatic N) is 2. The van der Waals surface area contributed by atoms with Gasteiger partial charge in [0.15, 0.2) is 0 Å². The molecule has 4 nitrogen and oxygen atoms in total. The summed E-state index contributed by atoms with van der Waals surface area (Å²) >= 11 is 0. The minimum Gasteiger partial charge on any atom is -0.478 e. The van der Waals surface area contributed by atoms with E-state index in [1.54, 1.807) is 43.8 Å². The van der Waals surface area contributed by atoms with Crippen LogP contribution in [0.1, 0.15) is 15.9 Å². The van der Waals surface area contributed by atoms with Gasteiger partial charge in [-0.25, -0.2) is 4.79 Å². The van der Waals surface area contributed by atoms with Gasteiger partial charge in [-0.1, -0.05) is 0 Å². The lowest BCUT2D eigenvalue weighted by atomic mass is 10.00. The fraction of sp³-hybridized carbons (Fsp3) is 0.0833. The molecule has 0 aliphatic carbocycles. The Morgan fingerprint density at radius 3 is 2.50 bits per heavy atom. The van der Waals surface area contributed by atoms with E-state index in [4.69, 9.17) is 5.11 Å². The SMILES string of the molecule is Cc1cncc(-c2ccncc2)c1C(=O)O. The first kappa shape index (κ1) is 10.3. The Balaban J connectivity index is 2.66. The lowest BCUT2D eigenvalue weighted by Gasteiger charge is -2.07. The average Bonchev–Trinajstić information content (AvgIpc) is 2.29. The molecule has 2 heterocycles. The van der Waals surface area contributed by atoms with Crippen LogP contribution in [-0.2, 0) is 0 Å². The van der Waals surface area contributed by atoms with Crippen molar-refractivity contribution in [3.63, 3.8) is 0 Å². The number of aromatic carboxylic acids is 1. The van der Waals surface area contributed by atoms with Gasteiger partial charge in [-0.2, -0.15) is 0 Å². The third kappa shape index (κ3) is 1.77. The van der Waals surface area contributed by atoms with Crippen molar-refractivity contribution in [2.45, 2.75) is 6.92 Å². The second-order valence-electron chi connectivity index (χ2n) is 3.42. The molecule has 80 valence electrons. The van der Waals surface area contributed by atoms with Gasteiger partial charge >= 0.3 is 5.97 Å². The van der Waals surface area contributed by atoms with Crippen molar-refractivity contribution in [1.29, 1.82) is 0 Å². The fourth-order valence-electron chi connectivity index (χ4n) is 1.60. The van der Waals surface area contributed by atoms with E-state index >= 15 is 0 Å². The number of aromatic nitrogens is 2. The molecule has 2 rings (SSSR count). The van der Waals surface area contributed by atoms with E-state index in [0.29, 0.717) is 16.7 Å². The third-order valence-corrected chi connectivity index (χ3v) is 2.34. The van der Waals surface area contributed by atoms with Crippen molar-refractivity contribution in [3.8, 4) is 11.1 Å². The van der Waals surface area contributed by atoms with Crippen LogP contribution in [0.5, 0.6) is 0 Å². The summed E-state index contributed by atoms with van der Waals surface area (Å²) in [5.41, 5.74) is 2.38. The van der Waals surface area contributed by atoms with Gasteiger partial charge in [0, 0.05) is 30.4 Å². The molecular formula is C12H10N2O2. The smallest absolute Gasteiger partial charge is 0.336 e. The maximum atomic E-state index is 11.2. The summed E-state index contributed by atoms with van der Waals surface area (Å²) in [6.45, 7) is 1.74. The molecule has 0 atom stereocenters. The van der Waals surface area contributed by atoms with Crippen LogP contribution in [0.25, 0.3) is 11.1 Å². The quantitative estimate of drug-likeness (QED) is 0.831. The van der Waals surface area contributed by atoms with Crippen LogP contribution in [-0.4, -0.2) is 21.0 Å². The maximum absolute atomic E-state index is 11.2. The largest absolute Gasteiger partial charge is 0.478 e. The second-order valence-corrected chi connectivity index (χ2v) is 3.42. The van der Waals surface area contributed by atoms with Crippen molar-refractivity contribution in [2.24, 2.45) is 0 Å². The van der Waals surface area contributed by atoms with E-state index in [2.05, 4.69) is 9.97 Å². The molecule has 0 aromatic carbocycles. The maximum Gasteiger partial charge on any atom is 0.336 e. The molecule has 1 N–H and O–H groups in total. The van der Waals surface area contributed by atoms with E-state index < -0.39 is 5.97 Å². The minimum absolute atomic E-state index is 0.293. The van der Waals surface area contributed by atoms with Gasteiger partial charge < -0.3 is 5.11 Å². The number of aryl methyl sites for hydroxylation is 1. The summed E-state index contributed by atoms with van der Waals surface area (Å²) < 4.78 is 0. The first-order chi connectivity index (χ1) is 7.70. The second kappa shape index (κ2) is 4.10. The van der Waals surface area contributed by atoms with Gasteiger partial charge in [0.1, 0.15) is 0 Å². The number of rotatable bonds is 2. The third-order valence-electron chi connectivity index (χ3n) is 2.34. The molecule has 0 aliphatic rings. The molecule has 0 spiro atoms. The van der Waals surface area contributed by atoms with Gasteiger partial charge in [-0.15, -0.1) is 0 Å². The van der Waals surface area contributed by atoms with E-state index in [1.165, 1.54) is 0 Å². The summed E-state index contributed by atoms with van der Waals surface area (Å²) in [7, 11) is 0. The zero-order chi connectivity index (χ0) is 11.5. The number of pyridine rings is 2. The average molecular weight is 214 g/mol. The van der Waals surface area contributed by atoms with Gasteiger partial charge in [0.05, 0.1) is 5.56 Å². The number of carbonyl (C=O) groups is 1. The number of carboxylic acids is 1. The highest BCUT2D eigenvalue weighted by Gasteiger charge is 2.14. The van der Waals surface area contributed by atoms with Gasteiger partial charge in [-0.3, -0.25) is 9.97 Å². The predicted octanol–water partition coefficient (Wildman–Crippen LogP) is 2.15. The van der Waals surface area contributed by atoms with E-state index in [-0.39, 0.29) is 0 Å². The van der Waals surface area contributed by atoms with Crippen LogP contribution in [0.15, 0.2) is 36.9 Å². The summed E-state index contributed by atoms with van der Waals surface area (Å²) in [6, 6.07) is 3.53. The Labute approximate surface area is 92.6 Å². The van der Waals surface area contributed by atoms with E-state index in [0.717, 1.165) is 5.56 Å². The van der Waals surface area contributed by atoms with Crippen molar-refractivity contribution in [3.05, 3.63) is 48.0 Å². The molecule has 0 unspecified atom stereocenters. The molecule has 4 heteroatoms. The Morgan fingerprint density at radius 2 is 1.88 bits per heavy atom. The van der Waals surface area contributed by atoms with Gasteiger partial charge in [0.2, 0.25) is 0 Å². The normalized spacial score (nSPS) is 10.1. The molecule has 0 amide bonds. The van der Waals surface area contributed by atoms with E-state index in [9.17, 15) is 4.79 Å². The Kier molecular flexibility index (Phi) is 2.64. The lowest BCUT2D eigenvalue weighted by Crippen LogP contribution is -2.03. The topological polar surface area (TPSA) is 63.1 Å². The van der Waals surface area contributed by atoms with Crippen LogP contribution >= 0.6 is 0 Å². The summed E-state index contributed by atoms with van der Waals surface area (Å²) in [5.74, 6) is -0.938. The molecule has 16 heavy (non-hydrogen) atoms. The highest BCUT2D eigenvalue weighted by atomic mass is 16.4. The Morgan fingerprint density at radius 1 is 1.19 bits per heavy atom. The molecule has 0 saturated heterocycles. The van der Waals surface area contributed by atoms with Crippen molar-refractivity contribution in [2.75, 3.05) is 0 Å². The lowest BCUT2D eigenvalue weighted by molar-refractivity contribution is 0.0697. The highest BCUT2D eigenvalue weighted by molar-refractivity contribution is 5.97. The van der Waals surface area contributed by atoms with Crippen LogP contribution < -0.4 is 0 Å². The molecule has 0 bridgehead atoms. The van der Waals surface area contributed by atoms with Crippen molar-refractivity contribution in [1.82, 2.24) is 9.97 Å². The molecule has 0 radical (unpaired) electrons. The zero-order valence-electron chi connectivity index (χ0n) is 8.71. The van der Waals surface area contributed by atoms with Gasteiger partial charge in [-0.05, 0) is 30.2 Å². The highest BCUT2D eigenvalue weighted by Crippen LogP contribution is 2.24. The van der Waals surface area contributed by atoms with Crippen molar-refractivity contribution >= 4 is 5.97 Å². The van der Waals surface area contributed by atoms with Crippen LogP contribution in [0.4, 0.5) is 0 Å². The van der Waals surface area contributed by atoms with Crippen LogP contribution in [0, 0.1) is 6.92 Å². The summed E-state index contributed by atoms with van der Waals surface area (Å²) in [6.07, 6.45) is 6.37. The first-order valence-electron chi connectivity index (χ1n) is 4.78. The number of carboxylic acid groups (broad SMARTS) is 1. The Hall–Kier alpha value is -2.23. The predicted molar refractivity (Wildman–Crippen MR) is 59.2 cm³/mol.